The van der Waals surface area contributed by atoms with Crippen molar-refractivity contribution in [2.45, 2.75) is 6.54 Å². The van der Waals surface area contributed by atoms with Crippen molar-refractivity contribution in [2.24, 2.45) is 5.41 Å². The predicted molar refractivity (Wildman–Crippen MR) is 107 cm³/mol. The molecule has 3 aromatic heterocycles. The van der Waals surface area contributed by atoms with Crippen LogP contribution in [0, 0.1) is 5.41 Å². The van der Waals surface area contributed by atoms with E-state index in [0.717, 1.165) is 53.3 Å². The first-order chi connectivity index (χ1) is 13.7. The molecule has 0 saturated carbocycles. The van der Waals surface area contributed by atoms with E-state index in [1.807, 2.05) is 24.3 Å². The van der Waals surface area contributed by atoms with Crippen LogP contribution in [-0.2, 0) is 11.3 Å². The molecule has 9 nitrogen and oxygen atoms in total. The number of rotatable bonds is 4. The van der Waals surface area contributed by atoms with E-state index in [0.29, 0.717) is 23.9 Å². The van der Waals surface area contributed by atoms with Gasteiger partial charge in [0.2, 0.25) is 11.9 Å². The minimum atomic E-state index is 0.300. The van der Waals surface area contributed by atoms with Gasteiger partial charge >= 0.3 is 0 Å². The molecule has 0 amide bonds. The third kappa shape index (κ3) is 2.48. The number of hydrogen-bond acceptors (Lipinski definition) is 7. The van der Waals surface area contributed by atoms with Crippen molar-refractivity contribution in [1.29, 1.82) is 0 Å². The van der Waals surface area contributed by atoms with Crippen molar-refractivity contribution < 1.29 is 4.74 Å². The fourth-order valence-corrected chi connectivity index (χ4v) is 4.17. The van der Waals surface area contributed by atoms with Gasteiger partial charge in [0.25, 0.3) is 0 Å². The number of H-pyrrole nitrogens is 1. The molecule has 1 aromatic carbocycles. The molecule has 2 fully saturated rings. The summed E-state index contributed by atoms with van der Waals surface area (Å²) in [6.07, 6.45) is 1.73. The van der Waals surface area contributed by atoms with E-state index >= 15 is 0 Å². The minimum absolute atomic E-state index is 0.300. The quantitative estimate of drug-likeness (QED) is 0.501. The number of imidazole rings is 1. The van der Waals surface area contributed by atoms with E-state index in [4.69, 9.17) is 14.7 Å². The zero-order valence-corrected chi connectivity index (χ0v) is 16.5. The van der Waals surface area contributed by atoms with Gasteiger partial charge in [0.15, 0.2) is 5.65 Å². The summed E-state index contributed by atoms with van der Waals surface area (Å²) in [7, 11) is 0. The Balaban J connectivity index is 1.30. The predicted octanol–water partition coefficient (Wildman–Crippen LogP) is 2.21. The van der Waals surface area contributed by atoms with E-state index in [9.17, 15) is 0 Å². The second kappa shape index (κ2) is 5.89. The Morgan fingerprint density at radius 1 is 1.18 bits per heavy atom. The Labute approximate surface area is 168 Å². The molecule has 0 radical (unpaired) electrons. The molecule has 142 valence electrons. The third-order valence-corrected chi connectivity index (χ3v) is 5.88. The normalized spacial score (nSPS) is 17.8. The Morgan fingerprint density at radius 2 is 2.04 bits per heavy atom. The molecule has 0 bridgehead atoms. The standard InChI is InChI=1S/C18H17BrN8O/c19-11-5-21-27-15(11)24-17(26-7-18(8-26)9-28-10-18)25-16(27)20-6-14-22-12-3-1-2-4-13(12)23-14/h1-5H,6-10H2,(H,22,23)(H,20,24,25). The summed E-state index contributed by atoms with van der Waals surface area (Å²) in [6.45, 7) is 4.03. The lowest BCUT2D eigenvalue weighted by Crippen LogP contribution is -2.66. The highest BCUT2D eigenvalue weighted by atomic mass is 79.9. The molecule has 1 spiro atoms. The molecule has 2 saturated heterocycles. The topological polar surface area (TPSA) is 96.3 Å². The van der Waals surface area contributed by atoms with Crippen LogP contribution < -0.4 is 10.2 Å². The van der Waals surface area contributed by atoms with Crippen LogP contribution in [0.1, 0.15) is 5.82 Å². The van der Waals surface area contributed by atoms with Gasteiger partial charge in [0.1, 0.15) is 5.82 Å². The van der Waals surface area contributed by atoms with Gasteiger partial charge in [-0.25, -0.2) is 4.98 Å². The highest BCUT2D eigenvalue weighted by Crippen LogP contribution is 2.39. The fraction of sp³-hybridized carbons (Fsp3) is 0.333. The van der Waals surface area contributed by atoms with Gasteiger partial charge in [-0.15, -0.1) is 0 Å². The van der Waals surface area contributed by atoms with Crippen molar-refractivity contribution >= 4 is 44.5 Å². The molecule has 5 heterocycles. The van der Waals surface area contributed by atoms with Crippen LogP contribution in [-0.4, -0.2) is 55.9 Å². The van der Waals surface area contributed by atoms with Crippen molar-refractivity contribution in [1.82, 2.24) is 29.5 Å². The summed E-state index contributed by atoms with van der Waals surface area (Å²) in [6, 6.07) is 7.98. The number of para-hydroxylation sites is 2. The Hall–Kier alpha value is -2.72. The van der Waals surface area contributed by atoms with Crippen LogP contribution >= 0.6 is 15.9 Å². The number of fused-ring (bicyclic) bond motifs is 2. The number of halogens is 1. The number of aromatic amines is 1. The zero-order valence-electron chi connectivity index (χ0n) is 14.9. The van der Waals surface area contributed by atoms with Gasteiger partial charge in [0.05, 0.1) is 46.9 Å². The maximum absolute atomic E-state index is 5.37. The van der Waals surface area contributed by atoms with Crippen LogP contribution in [0.15, 0.2) is 34.9 Å². The van der Waals surface area contributed by atoms with Gasteiger partial charge in [-0.3, -0.25) is 0 Å². The first-order valence-corrected chi connectivity index (χ1v) is 9.90. The lowest BCUT2D eigenvalue weighted by atomic mass is 9.78. The van der Waals surface area contributed by atoms with Gasteiger partial charge < -0.3 is 19.9 Å². The maximum atomic E-state index is 5.37. The van der Waals surface area contributed by atoms with Crippen molar-refractivity contribution in [3.05, 3.63) is 40.8 Å². The average Bonchev–Trinajstić information content (AvgIpc) is 3.21. The van der Waals surface area contributed by atoms with E-state index in [-0.39, 0.29) is 0 Å². The summed E-state index contributed by atoms with van der Waals surface area (Å²) >= 11 is 3.53. The van der Waals surface area contributed by atoms with Gasteiger partial charge in [-0.1, -0.05) is 12.1 Å². The van der Waals surface area contributed by atoms with E-state index < -0.39 is 0 Å². The number of ether oxygens (including phenoxy) is 1. The molecular weight excluding hydrogens is 424 g/mol. The van der Waals surface area contributed by atoms with Crippen LogP contribution in [0.2, 0.25) is 0 Å². The molecule has 4 aromatic rings. The largest absolute Gasteiger partial charge is 0.380 e. The van der Waals surface area contributed by atoms with Crippen LogP contribution in [0.4, 0.5) is 11.9 Å². The smallest absolute Gasteiger partial charge is 0.230 e. The number of nitrogens with one attached hydrogen (secondary N) is 2. The molecule has 28 heavy (non-hydrogen) atoms. The molecule has 2 aliphatic heterocycles. The van der Waals surface area contributed by atoms with Gasteiger partial charge in [0, 0.05) is 13.1 Å². The minimum Gasteiger partial charge on any atom is -0.380 e. The molecule has 2 aliphatic rings. The molecule has 0 unspecified atom stereocenters. The van der Waals surface area contributed by atoms with Crippen LogP contribution in [0.5, 0.6) is 0 Å². The highest BCUT2D eigenvalue weighted by Gasteiger charge is 2.50. The number of benzene rings is 1. The lowest BCUT2D eigenvalue weighted by Gasteiger charge is -2.54. The number of anilines is 2. The number of nitrogens with zero attached hydrogens (tertiary/aromatic N) is 6. The summed E-state index contributed by atoms with van der Waals surface area (Å²) in [5.74, 6) is 2.19. The lowest BCUT2D eigenvalue weighted by molar-refractivity contribution is -0.127. The number of hydrogen-bond donors (Lipinski definition) is 2. The van der Waals surface area contributed by atoms with E-state index in [2.05, 4.69) is 41.2 Å². The van der Waals surface area contributed by atoms with Crippen molar-refractivity contribution in [3.63, 3.8) is 0 Å². The summed E-state index contributed by atoms with van der Waals surface area (Å²) < 4.78 is 7.91. The highest BCUT2D eigenvalue weighted by molar-refractivity contribution is 9.10. The molecule has 10 heteroatoms. The van der Waals surface area contributed by atoms with E-state index in [1.165, 1.54) is 0 Å². The Bertz CT molecular complexity index is 1160. The summed E-state index contributed by atoms with van der Waals surface area (Å²) in [5.41, 5.74) is 3.00. The molecule has 0 atom stereocenters. The second-order valence-corrected chi connectivity index (χ2v) is 8.33. The molecule has 6 rings (SSSR count). The van der Waals surface area contributed by atoms with Crippen molar-refractivity contribution in [2.75, 3.05) is 36.5 Å². The maximum Gasteiger partial charge on any atom is 0.230 e. The summed E-state index contributed by atoms with van der Waals surface area (Å²) in [5, 5.41) is 7.74. The average molecular weight is 441 g/mol. The van der Waals surface area contributed by atoms with Crippen LogP contribution in [0.3, 0.4) is 0 Å². The van der Waals surface area contributed by atoms with Crippen molar-refractivity contribution in [3.8, 4) is 0 Å². The molecular formula is C18H17BrN8O. The monoisotopic (exact) mass is 440 g/mol. The Kier molecular flexibility index (Phi) is 3.42. The fourth-order valence-electron chi connectivity index (χ4n) is 3.83. The van der Waals surface area contributed by atoms with E-state index in [1.54, 1.807) is 10.7 Å². The molecule has 2 N–H and O–H groups in total. The van der Waals surface area contributed by atoms with Crippen LogP contribution in [0.25, 0.3) is 16.7 Å². The molecule has 0 aliphatic carbocycles. The SMILES string of the molecule is Brc1cnn2c(NCc3nc4ccccc4[nH]3)nc(N3CC4(COC4)C3)nc12. The Morgan fingerprint density at radius 3 is 2.82 bits per heavy atom. The summed E-state index contributed by atoms with van der Waals surface area (Å²) in [4.78, 5) is 19.5. The third-order valence-electron chi connectivity index (χ3n) is 5.32. The zero-order chi connectivity index (χ0) is 18.7. The van der Waals surface area contributed by atoms with Gasteiger partial charge in [-0.2, -0.15) is 19.6 Å². The first kappa shape index (κ1) is 16.3. The second-order valence-electron chi connectivity index (χ2n) is 7.48. The van der Waals surface area contributed by atoms with Gasteiger partial charge in [-0.05, 0) is 28.1 Å². The number of aromatic nitrogens is 6. The first-order valence-electron chi connectivity index (χ1n) is 9.11.